The fraction of sp³-hybridized carbons (Fsp3) is 0.263. The number of carbonyl (C=O) groups is 2. The number of carbonyl (C=O) groups excluding carboxylic acids is 2. The summed E-state index contributed by atoms with van der Waals surface area (Å²) in [6.45, 7) is 0.733. The zero-order chi connectivity index (χ0) is 19.5. The summed E-state index contributed by atoms with van der Waals surface area (Å²) in [6, 6.07) is 10.0. The molecule has 2 amide bonds. The van der Waals surface area contributed by atoms with Gasteiger partial charge in [-0.2, -0.15) is 10.2 Å². The third-order valence-electron chi connectivity index (χ3n) is 4.60. The maximum Gasteiger partial charge on any atom is 0.272 e. The molecule has 3 aromatic rings. The molecule has 9 heteroatoms. The van der Waals surface area contributed by atoms with Crippen LogP contribution >= 0.6 is 0 Å². The Kier molecular flexibility index (Phi) is 4.79. The maximum absolute atomic E-state index is 12.7. The molecular weight excluding hydrogens is 360 g/mol. The quantitative estimate of drug-likeness (QED) is 0.687. The summed E-state index contributed by atoms with van der Waals surface area (Å²) >= 11 is 0. The molecule has 0 bridgehead atoms. The van der Waals surface area contributed by atoms with Gasteiger partial charge in [0.2, 0.25) is 0 Å². The third-order valence-corrected chi connectivity index (χ3v) is 4.60. The molecule has 2 N–H and O–H groups in total. The molecule has 2 aromatic heterocycles. The number of fused-ring (bicyclic) bond motifs is 1. The normalized spacial score (nSPS) is 16.2. The van der Waals surface area contributed by atoms with Crippen LogP contribution in [0.25, 0.3) is 0 Å². The summed E-state index contributed by atoms with van der Waals surface area (Å²) in [7, 11) is 1.66. The maximum atomic E-state index is 12.7. The van der Waals surface area contributed by atoms with E-state index in [0.717, 1.165) is 5.69 Å². The molecule has 0 saturated carbocycles. The molecule has 1 aliphatic rings. The van der Waals surface area contributed by atoms with E-state index in [2.05, 4.69) is 20.6 Å². The number of rotatable bonds is 5. The molecule has 0 aliphatic carbocycles. The van der Waals surface area contributed by atoms with E-state index in [9.17, 15) is 9.59 Å². The van der Waals surface area contributed by atoms with E-state index >= 15 is 0 Å². The third kappa shape index (κ3) is 3.59. The van der Waals surface area contributed by atoms with E-state index < -0.39 is 11.9 Å². The van der Waals surface area contributed by atoms with Crippen molar-refractivity contribution in [1.82, 2.24) is 25.3 Å². The van der Waals surface area contributed by atoms with Crippen LogP contribution < -0.4 is 15.0 Å². The Balaban J connectivity index is 1.40. The van der Waals surface area contributed by atoms with E-state index in [1.54, 1.807) is 36.1 Å². The molecule has 3 heterocycles. The first-order valence-electron chi connectivity index (χ1n) is 8.94. The number of para-hydroxylation sites is 2. The zero-order valence-corrected chi connectivity index (χ0v) is 15.3. The Hall–Kier alpha value is -3.62. The minimum Gasteiger partial charge on any atom is -0.489 e. The number of H-pyrrole nitrogens is 1. The molecule has 144 valence electrons. The lowest BCUT2D eigenvalue weighted by Gasteiger charge is -2.19. The summed E-state index contributed by atoms with van der Waals surface area (Å²) in [5.74, 6) is -0.0635. The van der Waals surface area contributed by atoms with Crippen LogP contribution in [0.1, 0.15) is 16.2 Å². The summed E-state index contributed by atoms with van der Waals surface area (Å²) < 4.78 is 7.51. The number of aromatic nitrogens is 4. The first kappa shape index (κ1) is 17.8. The van der Waals surface area contributed by atoms with Crippen molar-refractivity contribution in [3.63, 3.8) is 0 Å². The highest BCUT2D eigenvalue weighted by Gasteiger charge is 2.31. The van der Waals surface area contributed by atoms with Crippen molar-refractivity contribution in [3.8, 4) is 5.75 Å². The average Bonchev–Trinajstić information content (AvgIpc) is 3.38. The minimum atomic E-state index is -0.797. The highest BCUT2D eigenvalue weighted by Crippen LogP contribution is 2.29. The Labute approximate surface area is 161 Å². The Bertz CT molecular complexity index is 981. The lowest BCUT2D eigenvalue weighted by atomic mass is 10.2. The molecule has 28 heavy (non-hydrogen) atoms. The van der Waals surface area contributed by atoms with Gasteiger partial charge in [0.1, 0.15) is 24.1 Å². The summed E-state index contributed by atoms with van der Waals surface area (Å²) in [5.41, 5.74) is 1.71. The molecule has 0 spiro atoms. The number of ether oxygens (including phenoxy) is 1. The number of aryl methyl sites for hydroxylation is 2. The lowest BCUT2D eigenvalue weighted by molar-refractivity contribution is -0.120. The molecule has 1 aliphatic heterocycles. The SMILES string of the molecule is CN1C(=O)C(NC(=O)c2cc(CCn3cccn3)[nH]n2)COc2ccccc21. The predicted molar refractivity (Wildman–Crippen MR) is 101 cm³/mol. The van der Waals surface area contributed by atoms with Gasteiger partial charge in [-0.1, -0.05) is 12.1 Å². The molecule has 0 saturated heterocycles. The monoisotopic (exact) mass is 380 g/mol. The van der Waals surface area contributed by atoms with Crippen LogP contribution in [0.4, 0.5) is 5.69 Å². The van der Waals surface area contributed by atoms with E-state index in [1.807, 2.05) is 24.4 Å². The van der Waals surface area contributed by atoms with Crippen molar-refractivity contribution in [2.45, 2.75) is 19.0 Å². The molecule has 0 fully saturated rings. The van der Waals surface area contributed by atoms with Crippen LogP contribution in [-0.4, -0.2) is 51.5 Å². The van der Waals surface area contributed by atoms with Crippen molar-refractivity contribution in [2.24, 2.45) is 0 Å². The Morgan fingerprint density at radius 2 is 2.21 bits per heavy atom. The van der Waals surface area contributed by atoms with Crippen LogP contribution in [-0.2, 0) is 17.8 Å². The largest absolute Gasteiger partial charge is 0.489 e. The number of nitrogens with one attached hydrogen (secondary N) is 2. The fourth-order valence-electron chi connectivity index (χ4n) is 3.06. The van der Waals surface area contributed by atoms with Gasteiger partial charge < -0.3 is 15.0 Å². The Morgan fingerprint density at radius 1 is 1.36 bits per heavy atom. The number of hydrogen-bond acceptors (Lipinski definition) is 5. The number of amides is 2. The van der Waals surface area contributed by atoms with E-state index in [-0.39, 0.29) is 18.2 Å². The van der Waals surface area contributed by atoms with Crippen LogP contribution in [0.5, 0.6) is 5.75 Å². The molecule has 1 aromatic carbocycles. The summed E-state index contributed by atoms with van der Waals surface area (Å²) in [5, 5.41) is 13.8. The van der Waals surface area contributed by atoms with Gasteiger partial charge in [-0.3, -0.25) is 19.4 Å². The van der Waals surface area contributed by atoms with E-state index in [1.165, 1.54) is 4.90 Å². The standard InChI is InChI=1S/C19H20N6O3/c1-24-16-5-2-3-6-17(16)28-12-15(19(24)27)21-18(26)14-11-13(22-23-14)7-10-25-9-4-8-20-25/h2-6,8-9,11,15H,7,10,12H2,1H3,(H,21,26)(H,22,23). The molecular formula is C19H20N6O3. The molecule has 1 atom stereocenters. The minimum absolute atomic E-state index is 0.0580. The van der Waals surface area contributed by atoms with Gasteiger partial charge in [0, 0.05) is 38.1 Å². The van der Waals surface area contributed by atoms with Crippen LogP contribution in [0, 0.1) is 0 Å². The van der Waals surface area contributed by atoms with Gasteiger partial charge in [0.15, 0.2) is 0 Å². The zero-order valence-electron chi connectivity index (χ0n) is 15.3. The number of aromatic amines is 1. The number of likely N-dealkylation sites (N-methyl/N-ethyl adjacent to an activating group) is 1. The van der Waals surface area contributed by atoms with Gasteiger partial charge in [-0.15, -0.1) is 0 Å². The molecule has 4 rings (SSSR count). The smallest absolute Gasteiger partial charge is 0.272 e. The average molecular weight is 380 g/mol. The summed E-state index contributed by atoms with van der Waals surface area (Å²) in [4.78, 5) is 26.8. The molecule has 9 nitrogen and oxygen atoms in total. The van der Waals surface area contributed by atoms with Crippen LogP contribution in [0.15, 0.2) is 48.8 Å². The van der Waals surface area contributed by atoms with Crippen molar-refractivity contribution in [1.29, 1.82) is 0 Å². The summed E-state index contributed by atoms with van der Waals surface area (Å²) in [6.07, 6.45) is 4.24. The lowest BCUT2D eigenvalue weighted by Crippen LogP contribution is -2.49. The van der Waals surface area contributed by atoms with Crippen molar-refractivity contribution < 1.29 is 14.3 Å². The molecule has 0 radical (unpaired) electrons. The topological polar surface area (TPSA) is 105 Å². The number of benzene rings is 1. The van der Waals surface area contributed by atoms with Gasteiger partial charge >= 0.3 is 0 Å². The second-order valence-corrected chi connectivity index (χ2v) is 6.50. The number of nitrogens with zero attached hydrogens (tertiary/aromatic N) is 4. The van der Waals surface area contributed by atoms with Crippen molar-refractivity contribution in [3.05, 3.63) is 60.2 Å². The highest BCUT2D eigenvalue weighted by atomic mass is 16.5. The van der Waals surface area contributed by atoms with E-state index in [0.29, 0.717) is 24.4 Å². The van der Waals surface area contributed by atoms with Crippen LogP contribution in [0.3, 0.4) is 0 Å². The van der Waals surface area contributed by atoms with Gasteiger partial charge in [0.25, 0.3) is 11.8 Å². The number of anilines is 1. The number of hydrogen-bond donors (Lipinski definition) is 2. The van der Waals surface area contributed by atoms with Gasteiger partial charge in [-0.05, 0) is 24.3 Å². The highest BCUT2D eigenvalue weighted by molar-refractivity contribution is 6.02. The van der Waals surface area contributed by atoms with Crippen molar-refractivity contribution in [2.75, 3.05) is 18.6 Å². The Morgan fingerprint density at radius 3 is 3.04 bits per heavy atom. The second kappa shape index (κ2) is 7.55. The van der Waals surface area contributed by atoms with Gasteiger partial charge in [0.05, 0.1) is 5.69 Å². The fourth-order valence-corrected chi connectivity index (χ4v) is 3.06. The second-order valence-electron chi connectivity index (χ2n) is 6.50. The van der Waals surface area contributed by atoms with Crippen molar-refractivity contribution >= 4 is 17.5 Å². The van der Waals surface area contributed by atoms with Crippen LogP contribution in [0.2, 0.25) is 0 Å². The first-order chi connectivity index (χ1) is 13.6. The van der Waals surface area contributed by atoms with Gasteiger partial charge in [-0.25, -0.2) is 0 Å². The van der Waals surface area contributed by atoms with E-state index in [4.69, 9.17) is 4.74 Å². The predicted octanol–water partition coefficient (Wildman–Crippen LogP) is 1.00. The molecule has 1 unspecified atom stereocenters. The first-order valence-corrected chi connectivity index (χ1v) is 8.94.